The van der Waals surface area contributed by atoms with Crippen LogP contribution in [0.5, 0.6) is 11.6 Å². The van der Waals surface area contributed by atoms with Crippen LogP contribution in [0, 0.1) is 12.7 Å². The maximum absolute atomic E-state index is 13.2. The summed E-state index contributed by atoms with van der Waals surface area (Å²) in [5.74, 6) is 0.754. The van der Waals surface area contributed by atoms with Crippen molar-refractivity contribution in [2.75, 3.05) is 0 Å². The molecule has 0 spiro atoms. The largest absolute Gasteiger partial charge is 0.439 e. The van der Waals surface area contributed by atoms with Crippen LogP contribution in [0.25, 0.3) is 0 Å². The number of ether oxygens (including phenoxy) is 1. The first kappa shape index (κ1) is 12.5. The van der Waals surface area contributed by atoms with Crippen molar-refractivity contribution < 1.29 is 9.13 Å². The number of hydrogen-bond acceptors (Lipinski definition) is 3. The predicted octanol–water partition coefficient (Wildman–Crippen LogP) is 3.34. The highest BCUT2D eigenvalue weighted by molar-refractivity contribution is 5.35. The molecule has 94 valence electrons. The van der Waals surface area contributed by atoms with Gasteiger partial charge in [-0.25, -0.2) is 9.37 Å². The second-order valence-electron chi connectivity index (χ2n) is 4.20. The van der Waals surface area contributed by atoms with Crippen molar-refractivity contribution in [1.82, 2.24) is 4.98 Å². The first-order valence-corrected chi connectivity index (χ1v) is 5.72. The van der Waals surface area contributed by atoms with Gasteiger partial charge in [-0.1, -0.05) is 6.07 Å². The molecule has 0 unspecified atom stereocenters. The van der Waals surface area contributed by atoms with E-state index in [9.17, 15) is 4.39 Å². The summed E-state index contributed by atoms with van der Waals surface area (Å²) < 4.78 is 18.8. The zero-order chi connectivity index (χ0) is 13.1. The first-order valence-electron chi connectivity index (χ1n) is 5.72. The third-order valence-electron chi connectivity index (χ3n) is 2.64. The van der Waals surface area contributed by atoms with E-state index in [1.165, 1.54) is 6.07 Å². The number of rotatable bonds is 3. The fraction of sp³-hybridized carbons (Fsp3) is 0.214. The molecule has 0 aliphatic rings. The molecule has 18 heavy (non-hydrogen) atoms. The van der Waals surface area contributed by atoms with Crippen LogP contribution in [-0.2, 0) is 0 Å². The van der Waals surface area contributed by atoms with E-state index in [1.807, 2.05) is 19.1 Å². The third-order valence-corrected chi connectivity index (χ3v) is 2.64. The standard InChI is InChI=1S/C14H15FN2O/c1-9-8-11(5-6-13(9)15)18-14-12(10(2)16)4-3-7-17-14/h3-8,10H,16H2,1-2H3/t10-/m1/s1. The van der Waals surface area contributed by atoms with Gasteiger partial charge >= 0.3 is 0 Å². The summed E-state index contributed by atoms with van der Waals surface area (Å²) in [4.78, 5) is 4.15. The van der Waals surface area contributed by atoms with Gasteiger partial charge in [0.15, 0.2) is 0 Å². The van der Waals surface area contributed by atoms with Crippen molar-refractivity contribution >= 4 is 0 Å². The molecule has 3 nitrogen and oxygen atoms in total. The summed E-state index contributed by atoms with van der Waals surface area (Å²) >= 11 is 0. The Morgan fingerprint density at radius 1 is 1.33 bits per heavy atom. The van der Waals surface area contributed by atoms with Gasteiger partial charge < -0.3 is 10.5 Å². The number of nitrogens with zero attached hydrogens (tertiary/aromatic N) is 1. The fourth-order valence-electron chi connectivity index (χ4n) is 1.63. The molecule has 1 atom stereocenters. The van der Waals surface area contributed by atoms with E-state index in [0.717, 1.165) is 5.56 Å². The second kappa shape index (κ2) is 5.14. The Labute approximate surface area is 105 Å². The van der Waals surface area contributed by atoms with Crippen molar-refractivity contribution in [2.24, 2.45) is 5.73 Å². The molecule has 0 amide bonds. The quantitative estimate of drug-likeness (QED) is 0.903. The van der Waals surface area contributed by atoms with Crippen LogP contribution in [0.3, 0.4) is 0 Å². The Kier molecular flexibility index (Phi) is 3.58. The highest BCUT2D eigenvalue weighted by Crippen LogP contribution is 2.27. The van der Waals surface area contributed by atoms with Gasteiger partial charge in [0.25, 0.3) is 0 Å². The second-order valence-corrected chi connectivity index (χ2v) is 4.20. The molecule has 0 saturated carbocycles. The molecule has 0 fully saturated rings. The SMILES string of the molecule is Cc1cc(Oc2ncccc2[C@@H](C)N)ccc1F. The lowest BCUT2D eigenvalue weighted by Crippen LogP contribution is -2.07. The van der Waals surface area contributed by atoms with Crippen LogP contribution in [0.4, 0.5) is 4.39 Å². The molecule has 4 heteroatoms. The van der Waals surface area contributed by atoms with E-state index in [4.69, 9.17) is 10.5 Å². The third kappa shape index (κ3) is 2.65. The van der Waals surface area contributed by atoms with Gasteiger partial charge in [0, 0.05) is 17.8 Å². The van der Waals surface area contributed by atoms with Gasteiger partial charge in [-0.05, 0) is 43.7 Å². The molecule has 1 aromatic carbocycles. The average molecular weight is 246 g/mol. The molecule has 2 aromatic rings. The smallest absolute Gasteiger partial charge is 0.223 e. The molecule has 0 aliphatic heterocycles. The number of aromatic nitrogens is 1. The summed E-state index contributed by atoms with van der Waals surface area (Å²) in [6.45, 7) is 3.55. The Balaban J connectivity index is 2.31. The van der Waals surface area contributed by atoms with E-state index >= 15 is 0 Å². The maximum atomic E-state index is 13.2. The zero-order valence-corrected chi connectivity index (χ0v) is 10.4. The van der Waals surface area contributed by atoms with Crippen molar-refractivity contribution in [1.29, 1.82) is 0 Å². The van der Waals surface area contributed by atoms with Crippen LogP contribution in [0.1, 0.15) is 24.1 Å². The molecule has 2 N–H and O–H groups in total. The molecule has 1 heterocycles. The Morgan fingerprint density at radius 3 is 2.78 bits per heavy atom. The van der Waals surface area contributed by atoms with Crippen LogP contribution < -0.4 is 10.5 Å². The summed E-state index contributed by atoms with van der Waals surface area (Å²) in [7, 11) is 0. The van der Waals surface area contributed by atoms with E-state index in [0.29, 0.717) is 17.2 Å². The molecule has 0 saturated heterocycles. The van der Waals surface area contributed by atoms with Crippen LogP contribution in [0.2, 0.25) is 0 Å². The topological polar surface area (TPSA) is 48.1 Å². The van der Waals surface area contributed by atoms with Gasteiger partial charge in [-0.2, -0.15) is 0 Å². The Hall–Kier alpha value is -1.94. The summed E-state index contributed by atoms with van der Waals surface area (Å²) in [6, 6.07) is 8.08. The number of nitrogens with two attached hydrogens (primary N) is 1. The summed E-state index contributed by atoms with van der Waals surface area (Å²) in [5.41, 5.74) is 7.19. The lowest BCUT2D eigenvalue weighted by molar-refractivity contribution is 0.450. The molecule has 0 aliphatic carbocycles. The Morgan fingerprint density at radius 2 is 2.11 bits per heavy atom. The van der Waals surface area contributed by atoms with Crippen LogP contribution >= 0.6 is 0 Å². The lowest BCUT2D eigenvalue weighted by atomic mass is 10.1. The predicted molar refractivity (Wildman–Crippen MR) is 68.1 cm³/mol. The molecule has 0 radical (unpaired) electrons. The van der Waals surface area contributed by atoms with Gasteiger partial charge in [0.05, 0.1) is 0 Å². The normalized spacial score (nSPS) is 12.2. The molecular weight excluding hydrogens is 231 g/mol. The average Bonchev–Trinajstić information content (AvgIpc) is 2.34. The maximum Gasteiger partial charge on any atom is 0.223 e. The van der Waals surface area contributed by atoms with E-state index in [-0.39, 0.29) is 11.9 Å². The van der Waals surface area contributed by atoms with E-state index in [2.05, 4.69) is 4.98 Å². The van der Waals surface area contributed by atoms with Crippen molar-refractivity contribution in [3.63, 3.8) is 0 Å². The van der Waals surface area contributed by atoms with Crippen molar-refractivity contribution in [3.8, 4) is 11.6 Å². The molecule has 0 bridgehead atoms. The number of pyridine rings is 1. The van der Waals surface area contributed by atoms with E-state index < -0.39 is 0 Å². The highest BCUT2D eigenvalue weighted by Gasteiger charge is 2.10. The van der Waals surface area contributed by atoms with Crippen LogP contribution in [-0.4, -0.2) is 4.98 Å². The summed E-state index contributed by atoms with van der Waals surface area (Å²) in [5, 5.41) is 0. The minimum Gasteiger partial charge on any atom is -0.439 e. The monoisotopic (exact) mass is 246 g/mol. The zero-order valence-electron chi connectivity index (χ0n) is 10.4. The number of halogens is 1. The number of hydrogen-bond donors (Lipinski definition) is 1. The van der Waals surface area contributed by atoms with E-state index in [1.54, 1.807) is 25.3 Å². The highest BCUT2D eigenvalue weighted by atomic mass is 19.1. The summed E-state index contributed by atoms with van der Waals surface area (Å²) in [6.07, 6.45) is 1.64. The van der Waals surface area contributed by atoms with Crippen molar-refractivity contribution in [3.05, 3.63) is 53.5 Å². The fourth-order valence-corrected chi connectivity index (χ4v) is 1.63. The molecular formula is C14H15FN2O. The van der Waals surface area contributed by atoms with Crippen molar-refractivity contribution in [2.45, 2.75) is 19.9 Å². The van der Waals surface area contributed by atoms with Gasteiger partial charge in [-0.15, -0.1) is 0 Å². The van der Waals surface area contributed by atoms with Crippen LogP contribution in [0.15, 0.2) is 36.5 Å². The Bertz CT molecular complexity index is 555. The van der Waals surface area contributed by atoms with Gasteiger partial charge in [0.2, 0.25) is 5.88 Å². The molecule has 2 rings (SSSR count). The first-order chi connectivity index (χ1) is 8.58. The minimum absolute atomic E-state index is 0.171. The number of aryl methyl sites for hydroxylation is 1. The van der Waals surface area contributed by atoms with Gasteiger partial charge in [0.1, 0.15) is 11.6 Å². The minimum atomic E-state index is -0.254. The molecule has 1 aromatic heterocycles. The number of benzene rings is 1. The lowest BCUT2D eigenvalue weighted by Gasteiger charge is -2.12. The van der Waals surface area contributed by atoms with Gasteiger partial charge in [-0.3, -0.25) is 0 Å².